The van der Waals surface area contributed by atoms with E-state index in [1.807, 2.05) is 0 Å². The quantitative estimate of drug-likeness (QED) is 0.0824. The number of likely N-dealkylation sites (N-methyl/N-ethyl adjacent to an activating group) is 1. The number of halogens is 4. The van der Waals surface area contributed by atoms with E-state index in [-0.39, 0.29) is 50.4 Å². The molecule has 4 aromatic rings. The summed E-state index contributed by atoms with van der Waals surface area (Å²) in [5.41, 5.74) is -2.67. The van der Waals surface area contributed by atoms with Gasteiger partial charge in [-0.1, -0.05) is 68.0 Å². The number of amides is 1. The monoisotopic (exact) mass is 693 g/mol. The minimum Gasteiger partial charge on any atom is -0.336 e. The number of carbonyl (C=O) groups excluding carboxylic acids is 1. The van der Waals surface area contributed by atoms with Gasteiger partial charge in [-0.05, 0) is 91.3 Å². The summed E-state index contributed by atoms with van der Waals surface area (Å²) >= 11 is 0.927. The fourth-order valence-corrected chi connectivity index (χ4v) is 5.93. The predicted molar refractivity (Wildman–Crippen MR) is 181 cm³/mol. The van der Waals surface area contributed by atoms with Gasteiger partial charge in [-0.25, -0.2) is 4.39 Å². The maximum atomic E-state index is 14.9. The van der Waals surface area contributed by atoms with Crippen LogP contribution in [0.4, 0.5) is 17.6 Å². The number of hydrogen-bond donors (Lipinski definition) is 0. The molecule has 1 amide bonds. The Hall–Kier alpha value is -3.96. The van der Waals surface area contributed by atoms with Crippen molar-refractivity contribution in [2.24, 2.45) is 0 Å². The Bertz CT molecular complexity index is 2340. The molecule has 1 aliphatic carbocycles. The molecule has 1 aromatic heterocycles. The molecule has 0 saturated heterocycles. The molecule has 3 aromatic carbocycles. The highest BCUT2D eigenvalue weighted by molar-refractivity contribution is 7.98. The van der Waals surface area contributed by atoms with Gasteiger partial charge in [0.25, 0.3) is 5.56 Å². The van der Waals surface area contributed by atoms with E-state index in [1.54, 1.807) is 0 Å². The number of rotatable bonds is 13. The molecule has 1 aliphatic rings. The summed E-state index contributed by atoms with van der Waals surface area (Å²) in [6, 6.07) is 5.89. The SMILES string of the molecule is [2H]c1c([2H])c(C([2H])([2H])N(C(=O)Cn2c(SCc3ccc(F)cc3)nc(=O)c3c2CCC3)C([2H])([2H])C([2H])([2H])N(C([2H])([2H])C)C([2H])([2H])C)c(C)c([2H])c1-c1ccc(C(F)(F)F)cc1. The Morgan fingerprint density at radius 3 is 2.40 bits per heavy atom. The van der Waals surface area contributed by atoms with Crippen molar-refractivity contribution >= 4 is 17.7 Å². The highest BCUT2D eigenvalue weighted by Crippen LogP contribution is 2.32. The van der Waals surface area contributed by atoms with Gasteiger partial charge in [0.2, 0.25) is 5.91 Å². The lowest BCUT2D eigenvalue weighted by molar-refractivity contribution is -0.137. The number of thioether (sulfide) groups is 1. The van der Waals surface area contributed by atoms with Crippen LogP contribution in [0.25, 0.3) is 11.1 Å². The molecule has 0 N–H and O–H groups in total. The normalized spacial score (nSPS) is 18.3. The van der Waals surface area contributed by atoms with Gasteiger partial charge in [-0.2, -0.15) is 18.2 Å². The topological polar surface area (TPSA) is 58.4 Å². The van der Waals surface area contributed by atoms with Gasteiger partial charge in [0.05, 0.1) is 15.2 Å². The van der Waals surface area contributed by atoms with Crippen molar-refractivity contribution in [3.8, 4) is 11.1 Å². The van der Waals surface area contributed by atoms with Gasteiger partial charge in [-0.3, -0.25) is 9.59 Å². The van der Waals surface area contributed by atoms with Crippen LogP contribution in [0.15, 0.2) is 76.6 Å². The molecule has 1 heterocycles. The lowest BCUT2D eigenvalue weighted by Gasteiger charge is -2.28. The van der Waals surface area contributed by atoms with Crippen molar-refractivity contribution in [2.45, 2.75) is 70.2 Å². The number of nitrogens with zero attached hydrogens (tertiary/aromatic N) is 4. The third-order valence-corrected chi connectivity index (χ3v) is 8.52. The summed E-state index contributed by atoms with van der Waals surface area (Å²) in [5, 5.41) is -0.107. The van der Waals surface area contributed by atoms with Crippen LogP contribution >= 0.6 is 11.8 Å². The van der Waals surface area contributed by atoms with Gasteiger partial charge in [0.1, 0.15) is 12.4 Å². The molecule has 11 heteroatoms. The van der Waals surface area contributed by atoms with Crippen LogP contribution in [-0.2, 0) is 42.6 Å². The van der Waals surface area contributed by atoms with Crippen molar-refractivity contribution in [2.75, 3.05) is 26.0 Å². The standard InChI is InChI=1S/C37H40F4N4O2S/c1-4-43(5-2)19-20-44(22-29-12-11-28(21-25(29)3)27-13-15-30(16-14-27)37(39,40)41)34(46)23-45-33-8-6-7-32(33)35(47)42-36(45)48-24-26-9-17-31(38)18-10-26/h9-18,21H,4-8,19-20,22-24H2,1-3H3/i4D2,5D2,11D,12D,19D2,20D2,21D,22D2. The minimum atomic E-state index is -4.74. The highest BCUT2D eigenvalue weighted by Gasteiger charge is 2.30. The smallest absolute Gasteiger partial charge is 0.336 e. The molecule has 0 saturated carbocycles. The van der Waals surface area contributed by atoms with Crippen molar-refractivity contribution in [3.05, 3.63) is 116 Å². The maximum Gasteiger partial charge on any atom is 0.416 e. The minimum absolute atomic E-state index is 0.0744. The first-order valence-corrected chi connectivity index (χ1v) is 15.8. The van der Waals surface area contributed by atoms with Crippen LogP contribution in [0, 0.1) is 12.7 Å². The molecule has 0 atom stereocenters. The molecule has 254 valence electrons. The van der Waals surface area contributed by atoms with Crippen LogP contribution in [0.1, 0.15) is 71.6 Å². The number of alkyl halides is 3. The summed E-state index contributed by atoms with van der Waals surface area (Å²) < 4.78 is 170. The van der Waals surface area contributed by atoms with E-state index >= 15 is 0 Å². The Labute approximate surface area is 301 Å². The fraction of sp³-hybridized carbons (Fsp3) is 0.378. The lowest BCUT2D eigenvalue weighted by Crippen LogP contribution is -2.40. The van der Waals surface area contributed by atoms with Crippen molar-refractivity contribution in [1.82, 2.24) is 19.4 Å². The zero-order valence-corrected chi connectivity index (χ0v) is 27.0. The van der Waals surface area contributed by atoms with Crippen molar-refractivity contribution < 1.29 is 40.2 Å². The fourth-order valence-electron chi connectivity index (χ4n) is 4.96. The summed E-state index contributed by atoms with van der Waals surface area (Å²) in [6.07, 6.45) is -3.86. The Morgan fingerprint density at radius 2 is 1.73 bits per heavy atom. The number of fused-ring (bicyclic) bond motifs is 1. The van der Waals surface area contributed by atoms with Crippen LogP contribution in [0.5, 0.6) is 0 Å². The van der Waals surface area contributed by atoms with Crippen molar-refractivity contribution in [1.29, 1.82) is 0 Å². The summed E-state index contributed by atoms with van der Waals surface area (Å²) in [7, 11) is 0. The number of hydrogen-bond acceptors (Lipinski definition) is 5. The summed E-state index contributed by atoms with van der Waals surface area (Å²) in [6.45, 7) is -16.4. The molecular formula is C37H40F4N4O2S. The third-order valence-electron chi connectivity index (χ3n) is 7.47. The maximum absolute atomic E-state index is 14.9. The largest absolute Gasteiger partial charge is 0.416 e. The van der Waals surface area contributed by atoms with E-state index in [4.69, 9.17) is 12.3 Å². The van der Waals surface area contributed by atoms with Gasteiger partial charge in [0, 0.05) is 44.7 Å². The molecule has 48 heavy (non-hydrogen) atoms. The first-order chi connectivity index (χ1) is 27.8. The molecule has 0 unspecified atom stereocenters. The first-order valence-electron chi connectivity index (χ1n) is 21.3. The van der Waals surface area contributed by atoms with Crippen LogP contribution < -0.4 is 5.56 Å². The van der Waals surface area contributed by atoms with E-state index in [1.165, 1.54) is 28.8 Å². The molecule has 0 spiro atoms. The molecule has 6 nitrogen and oxygen atoms in total. The number of carbonyl (C=O) groups is 1. The molecule has 5 rings (SSSR count). The highest BCUT2D eigenvalue weighted by atomic mass is 32.2. The van der Waals surface area contributed by atoms with Crippen LogP contribution in [0.3, 0.4) is 0 Å². The number of benzene rings is 3. The second-order valence-electron chi connectivity index (χ2n) is 10.7. The lowest BCUT2D eigenvalue weighted by atomic mass is 9.98. The second-order valence-corrected chi connectivity index (χ2v) is 11.6. The van der Waals surface area contributed by atoms with Gasteiger partial charge in [0.15, 0.2) is 5.16 Å². The van der Waals surface area contributed by atoms with Crippen LogP contribution in [-0.4, -0.2) is 51.2 Å². The molecular weight excluding hydrogens is 640 g/mol. The average molecular weight is 694 g/mol. The van der Waals surface area contributed by atoms with Crippen LogP contribution in [0.2, 0.25) is 0 Å². The van der Waals surface area contributed by atoms with E-state index < -0.39 is 103 Å². The third kappa shape index (κ3) is 8.54. The Balaban J connectivity index is 1.74. The summed E-state index contributed by atoms with van der Waals surface area (Å²) in [5.74, 6) is -2.03. The number of aromatic nitrogens is 2. The predicted octanol–water partition coefficient (Wildman–Crippen LogP) is 7.53. The molecule has 0 radical (unpaired) electrons. The van der Waals surface area contributed by atoms with Crippen molar-refractivity contribution in [3.63, 3.8) is 0 Å². The first kappa shape index (κ1) is 21.9. The zero-order valence-electron chi connectivity index (χ0n) is 39.2. The van der Waals surface area contributed by atoms with Gasteiger partial charge < -0.3 is 14.4 Å². The summed E-state index contributed by atoms with van der Waals surface area (Å²) in [4.78, 5) is 31.8. The van der Waals surface area contributed by atoms with E-state index in [0.29, 0.717) is 38.0 Å². The second kappa shape index (κ2) is 15.5. The van der Waals surface area contributed by atoms with Gasteiger partial charge in [-0.15, -0.1) is 0 Å². The zero-order chi connectivity index (χ0) is 46.0. The molecule has 0 bridgehead atoms. The van der Waals surface area contributed by atoms with Gasteiger partial charge >= 0.3 is 6.18 Å². The average Bonchev–Trinajstić information content (AvgIpc) is 3.61. The van der Waals surface area contributed by atoms with E-state index in [2.05, 4.69) is 4.98 Å². The van der Waals surface area contributed by atoms with E-state index in [0.717, 1.165) is 30.8 Å². The Morgan fingerprint density at radius 1 is 1.02 bits per heavy atom. The Kier molecular flexibility index (Phi) is 7.07. The molecule has 0 fully saturated rings. The molecule has 0 aliphatic heterocycles. The van der Waals surface area contributed by atoms with E-state index in [9.17, 15) is 32.6 Å².